The Morgan fingerprint density at radius 1 is 1.16 bits per heavy atom. The molecule has 3 N–H and O–H groups in total. The molecule has 4 aromatic rings. The molecule has 4 rings (SSSR count). The zero-order valence-electron chi connectivity index (χ0n) is 17.4. The molecule has 0 fully saturated rings. The Morgan fingerprint density at radius 2 is 1.90 bits per heavy atom. The number of fused-ring (bicyclic) bond motifs is 1. The van der Waals surface area contributed by atoms with Gasteiger partial charge < -0.3 is 11.1 Å². The SMILES string of the molecule is Cc1ccc(-c2nn(C(C)(C)CNC(=O)c3cc(Cl)ccn3)c3ncnc(N)c23)cc1. The standard InChI is InChI=1S/C22H22ClN7O/c1-13-4-6-14(7-5-13)18-17-19(24)27-12-28-20(17)30(29-18)22(2,3)11-26-21(31)16-10-15(23)8-9-25-16/h4-10,12H,11H2,1-3H3,(H,26,31)(H2,24,27,28). The molecule has 3 aromatic heterocycles. The van der Waals surface area contributed by atoms with Crippen LogP contribution in [0.25, 0.3) is 22.3 Å². The van der Waals surface area contributed by atoms with Gasteiger partial charge in [-0.3, -0.25) is 9.78 Å². The van der Waals surface area contributed by atoms with E-state index in [1.807, 2.05) is 45.0 Å². The fourth-order valence-electron chi connectivity index (χ4n) is 3.30. The first kappa shape index (κ1) is 20.7. The van der Waals surface area contributed by atoms with Gasteiger partial charge in [0, 0.05) is 23.3 Å². The summed E-state index contributed by atoms with van der Waals surface area (Å²) in [5.74, 6) is 0.0368. The molecule has 31 heavy (non-hydrogen) atoms. The number of pyridine rings is 1. The Kier molecular flexibility index (Phi) is 5.32. The van der Waals surface area contributed by atoms with E-state index in [9.17, 15) is 4.79 Å². The van der Waals surface area contributed by atoms with Crippen LogP contribution in [-0.2, 0) is 5.54 Å². The van der Waals surface area contributed by atoms with Crippen LogP contribution < -0.4 is 11.1 Å². The predicted octanol–water partition coefficient (Wildman–Crippen LogP) is 3.60. The number of carbonyl (C=O) groups is 1. The minimum Gasteiger partial charge on any atom is -0.383 e. The van der Waals surface area contributed by atoms with Crippen molar-refractivity contribution >= 4 is 34.4 Å². The summed E-state index contributed by atoms with van der Waals surface area (Å²) >= 11 is 5.97. The highest BCUT2D eigenvalue weighted by molar-refractivity contribution is 6.30. The summed E-state index contributed by atoms with van der Waals surface area (Å²) in [6, 6.07) is 11.2. The Morgan fingerprint density at radius 3 is 2.61 bits per heavy atom. The van der Waals surface area contributed by atoms with E-state index >= 15 is 0 Å². The lowest BCUT2D eigenvalue weighted by Crippen LogP contribution is -2.41. The van der Waals surface area contributed by atoms with Crippen molar-refractivity contribution in [3.8, 4) is 11.3 Å². The Balaban J connectivity index is 1.70. The fourth-order valence-corrected chi connectivity index (χ4v) is 3.46. The first-order chi connectivity index (χ1) is 14.8. The van der Waals surface area contributed by atoms with Gasteiger partial charge >= 0.3 is 0 Å². The van der Waals surface area contributed by atoms with Gasteiger partial charge in [-0.1, -0.05) is 41.4 Å². The van der Waals surface area contributed by atoms with Crippen molar-refractivity contribution in [3.63, 3.8) is 0 Å². The van der Waals surface area contributed by atoms with Crippen LogP contribution in [0, 0.1) is 6.92 Å². The number of halogens is 1. The lowest BCUT2D eigenvalue weighted by atomic mass is 10.1. The van der Waals surface area contributed by atoms with E-state index in [0.717, 1.165) is 11.1 Å². The van der Waals surface area contributed by atoms with Crippen LogP contribution in [0.3, 0.4) is 0 Å². The highest BCUT2D eigenvalue weighted by Gasteiger charge is 2.28. The number of hydrogen-bond donors (Lipinski definition) is 2. The minimum atomic E-state index is -0.615. The number of carbonyl (C=O) groups excluding carboxylic acids is 1. The Hall–Kier alpha value is -3.52. The number of amides is 1. The summed E-state index contributed by atoms with van der Waals surface area (Å²) in [6.45, 7) is 6.23. The molecule has 0 saturated carbocycles. The van der Waals surface area contributed by atoms with Crippen LogP contribution in [0.4, 0.5) is 5.82 Å². The maximum absolute atomic E-state index is 12.5. The van der Waals surface area contributed by atoms with Crippen molar-refractivity contribution in [2.75, 3.05) is 12.3 Å². The van der Waals surface area contributed by atoms with Crippen molar-refractivity contribution < 1.29 is 4.79 Å². The van der Waals surface area contributed by atoms with Gasteiger partial charge in [0.15, 0.2) is 5.65 Å². The number of hydrogen-bond acceptors (Lipinski definition) is 6. The fraction of sp³-hybridized carbons (Fsp3) is 0.227. The monoisotopic (exact) mass is 435 g/mol. The van der Waals surface area contributed by atoms with Crippen LogP contribution in [0.5, 0.6) is 0 Å². The highest BCUT2D eigenvalue weighted by Crippen LogP contribution is 2.33. The van der Waals surface area contributed by atoms with Gasteiger partial charge in [0.2, 0.25) is 0 Å². The number of nitrogens with zero attached hydrogens (tertiary/aromatic N) is 5. The molecule has 3 heterocycles. The highest BCUT2D eigenvalue weighted by atomic mass is 35.5. The second kappa shape index (κ2) is 7.96. The average Bonchev–Trinajstić information content (AvgIpc) is 3.15. The van der Waals surface area contributed by atoms with Crippen molar-refractivity contribution in [2.24, 2.45) is 0 Å². The molecule has 9 heteroatoms. The molecular weight excluding hydrogens is 414 g/mol. The van der Waals surface area contributed by atoms with Crippen LogP contribution in [-0.4, -0.2) is 37.2 Å². The maximum atomic E-state index is 12.5. The number of nitrogens with two attached hydrogens (primary N) is 1. The number of nitrogens with one attached hydrogen (secondary N) is 1. The summed E-state index contributed by atoms with van der Waals surface area (Å²) < 4.78 is 1.78. The molecule has 0 aliphatic heterocycles. The summed E-state index contributed by atoms with van der Waals surface area (Å²) in [5.41, 5.74) is 9.20. The van der Waals surface area contributed by atoms with E-state index in [4.69, 9.17) is 22.4 Å². The smallest absolute Gasteiger partial charge is 0.270 e. The minimum absolute atomic E-state index is 0.250. The van der Waals surface area contributed by atoms with E-state index in [1.165, 1.54) is 18.6 Å². The van der Waals surface area contributed by atoms with Gasteiger partial charge in [0.25, 0.3) is 5.91 Å². The average molecular weight is 436 g/mol. The number of benzene rings is 1. The van der Waals surface area contributed by atoms with E-state index in [-0.39, 0.29) is 18.1 Å². The molecule has 0 bridgehead atoms. The molecule has 158 valence electrons. The van der Waals surface area contributed by atoms with Gasteiger partial charge in [0.1, 0.15) is 23.5 Å². The van der Waals surface area contributed by atoms with E-state index in [2.05, 4.69) is 20.3 Å². The molecule has 0 radical (unpaired) electrons. The molecule has 0 unspecified atom stereocenters. The Bertz CT molecular complexity index is 1260. The molecule has 1 amide bonds. The largest absolute Gasteiger partial charge is 0.383 e. The third kappa shape index (κ3) is 4.06. The molecule has 0 saturated heterocycles. The molecule has 1 aromatic carbocycles. The molecule has 0 atom stereocenters. The number of anilines is 1. The van der Waals surface area contributed by atoms with Crippen molar-refractivity contribution in [1.29, 1.82) is 0 Å². The maximum Gasteiger partial charge on any atom is 0.270 e. The zero-order valence-corrected chi connectivity index (χ0v) is 18.2. The number of aryl methyl sites for hydroxylation is 1. The van der Waals surface area contributed by atoms with Gasteiger partial charge in [0.05, 0.1) is 10.9 Å². The van der Waals surface area contributed by atoms with Gasteiger partial charge in [-0.05, 0) is 32.9 Å². The molecule has 0 aliphatic rings. The Labute approximate surface area is 184 Å². The first-order valence-electron chi connectivity index (χ1n) is 9.73. The van der Waals surface area contributed by atoms with Gasteiger partial charge in [-0.15, -0.1) is 0 Å². The van der Waals surface area contributed by atoms with Crippen molar-refractivity contribution in [2.45, 2.75) is 26.3 Å². The van der Waals surface area contributed by atoms with Crippen LogP contribution in [0.2, 0.25) is 5.02 Å². The first-order valence-corrected chi connectivity index (χ1v) is 10.1. The number of aromatic nitrogens is 5. The van der Waals surface area contributed by atoms with E-state index in [1.54, 1.807) is 10.7 Å². The molecule has 0 spiro atoms. The van der Waals surface area contributed by atoms with Crippen LogP contribution >= 0.6 is 11.6 Å². The summed E-state index contributed by atoms with van der Waals surface area (Å²) in [6.07, 6.45) is 2.91. The number of rotatable bonds is 5. The third-order valence-corrected chi connectivity index (χ3v) is 5.26. The molecule has 0 aliphatic carbocycles. The van der Waals surface area contributed by atoms with Crippen LogP contribution in [0.1, 0.15) is 29.9 Å². The third-order valence-electron chi connectivity index (χ3n) is 5.03. The lowest BCUT2D eigenvalue weighted by molar-refractivity contribution is 0.0931. The summed E-state index contributed by atoms with van der Waals surface area (Å²) in [5, 5.41) is 8.87. The summed E-state index contributed by atoms with van der Waals surface area (Å²) in [7, 11) is 0. The normalized spacial score (nSPS) is 11.6. The molecular formula is C22H22ClN7O. The van der Waals surface area contributed by atoms with Crippen molar-refractivity contribution in [3.05, 3.63) is 65.2 Å². The predicted molar refractivity (Wildman–Crippen MR) is 121 cm³/mol. The lowest BCUT2D eigenvalue weighted by Gasteiger charge is -2.26. The van der Waals surface area contributed by atoms with Crippen LogP contribution in [0.15, 0.2) is 48.9 Å². The topological polar surface area (TPSA) is 112 Å². The molecule has 8 nitrogen and oxygen atoms in total. The number of nitrogen functional groups attached to an aromatic ring is 1. The second-order valence-electron chi connectivity index (χ2n) is 7.94. The van der Waals surface area contributed by atoms with E-state index in [0.29, 0.717) is 27.6 Å². The van der Waals surface area contributed by atoms with Gasteiger partial charge in [-0.25, -0.2) is 14.6 Å². The van der Waals surface area contributed by atoms with E-state index < -0.39 is 5.54 Å². The van der Waals surface area contributed by atoms with Crippen molar-refractivity contribution in [1.82, 2.24) is 30.0 Å². The van der Waals surface area contributed by atoms with Gasteiger partial charge in [-0.2, -0.15) is 5.10 Å². The zero-order chi connectivity index (χ0) is 22.2. The quantitative estimate of drug-likeness (QED) is 0.495. The second-order valence-corrected chi connectivity index (χ2v) is 8.37. The summed E-state index contributed by atoms with van der Waals surface area (Å²) in [4.78, 5) is 25.2.